The van der Waals surface area contributed by atoms with Gasteiger partial charge in [0.15, 0.2) is 23.0 Å². The molecule has 0 saturated heterocycles. The van der Waals surface area contributed by atoms with Gasteiger partial charge in [0.2, 0.25) is 6.79 Å². The van der Waals surface area contributed by atoms with Crippen LogP contribution in [0.15, 0.2) is 41.5 Å². The molecule has 0 aromatic heterocycles. The van der Waals surface area contributed by atoms with Crippen molar-refractivity contribution in [1.82, 2.24) is 10.7 Å². The Morgan fingerprint density at radius 1 is 1.11 bits per heavy atom. The molecule has 2 aromatic carbocycles. The molecule has 0 bridgehead atoms. The summed E-state index contributed by atoms with van der Waals surface area (Å²) in [7, 11) is 3.02. The van der Waals surface area contributed by atoms with E-state index in [1.807, 2.05) is 0 Å². The zero-order valence-electron chi connectivity index (χ0n) is 15.4. The summed E-state index contributed by atoms with van der Waals surface area (Å²) < 4.78 is 20.9. The number of ether oxygens (including phenoxy) is 4. The molecule has 9 heteroatoms. The first-order chi connectivity index (χ1) is 13.6. The van der Waals surface area contributed by atoms with Gasteiger partial charge in [0, 0.05) is 12.1 Å². The highest BCUT2D eigenvalue weighted by Gasteiger charge is 2.15. The van der Waals surface area contributed by atoms with Crippen molar-refractivity contribution in [2.45, 2.75) is 6.54 Å². The highest BCUT2D eigenvalue weighted by atomic mass is 16.7. The minimum absolute atomic E-state index is 0.163. The van der Waals surface area contributed by atoms with Crippen LogP contribution in [-0.2, 0) is 16.1 Å². The fourth-order valence-corrected chi connectivity index (χ4v) is 2.54. The van der Waals surface area contributed by atoms with E-state index >= 15 is 0 Å². The van der Waals surface area contributed by atoms with E-state index in [0.29, 0.717) is 28.6 Å². The Bertz CT molecular complexity index is 913. The van der Waals surface area contributed by atoms with Crippen LogP contribution in [0.5, 0.6) is 23.0 Å². The molecule has 0 aliphatic carbocycles. The number of nitrogens with one attached hydrogen (secondary N) is 2. The number of rotatable bonds is 6. The van der Waals surface area contributed by atoms with Crippen molar-refractivity contribution >= 4 is 18.0 Å². The minimum atomic E-state index is -0.890. The van der Waals surface area contributed by atoms with Gasteiger partial charge in [-0.1, -0.05) is 12.1 Å². The Morgan fingerprint density at radius 2 is 1.93 bits per heavy atom. The van der Waals surface area contributed by atoms with Crippen LogP contribution in [0, 0.1) is 0 Å². The van der Waals surface area contributed by atoms with E-state index in [0.717, 1.165) is 5.56 Å². The molecule has 0 unspecified atom stereocenters. The first kappa shape index (κ1) is 19.0. The summed E-state index contributed by atoms with van der Waals surface area (Å²) in [6.07, 6.45) is 1.37. The Hall–Kier alpha value is -3.75. The summed E-state index contributed by atoms with van der Waals surface area (Å²) >= 11 is 0. The van der Waals surface area contributed by atoms with Crippen LogP contribution in [0.3, 0.4) is 0 Å². The van der Waals surface area contributed by atoms with E-state index in [-0.39, 0.29) is 13.3 Å². The van der Waals surface area contributed by atoms with Crippen molar-refractivity contribution in [2.75, 3.05) is 21.0 Å². The number of hydrogen-bond donors (Lipinski definition) is 2. The number of para-hydroxylation sites is 1. The van der Waals surface area contributed by atoms with Crippen LogP contribution in [0.25, 0.3) is 0 Å². The molecule has 0 saturated carbocycles. The van der Waals surface area contributed by atoms with Crippen LogP contribution >= 0.6 is 0 Å². The summed E-state index contributed by atoms with van der Waals surface area (Å²) in [5, 5.41) is 6.30. The van der Waals surface area contributed by atoms with Crippen molar-refractivity contribution in [3.8, 4) is 23.0 Å². The summed E-state index contributed by atoms with van der Waals surface area (Å²) in [6, 6.07) is 10.5. The summed E-state index contributed by atoms with van der Waals surface area (Å²) in [5.74, 6) is 0.545. The van der Waals surface area contributed by atoms with E-state index in [2.05, 4.69) is 15.8 Å². The lowest BCUT2D eigenvalue weighted by molar-refractivity contribution is -0.139. The molecule has 0 spiro atoms. The predicted molar refractivity (Wildman–Crippen MR) is 99.7 cm³/mol. The third kappa shape index (κ3) is 4.32. The molecule has 2 amide bonds. The zero-order valence-corrected chi connectivity index (χ0v) is 15.4. The number of carbonyl (C=O) groups is 2. The van der Waals surface area contributed by atoms with Gasteiger partial charge < -0.3 is 24.3 Å². The third-order valence-corrected chi connectivity index (χ3v) is 3.90. The van der Waals surface area contributed by atoms with Gasteiger partial charge in [-0.2, -0.15) is 5.10 Å². The van der Waals surface area contributed by atoms with Crippen molar-refractivity contribution in [1.29, 1.82) is 0 Å². The first-order valence-electron chi connectivity index (χ1n) is 8.33. The highest BCUT2D eigenvalue weighted by Crippen LogP contribution is 2.32. The number of nitrogens with zero attached hydrogens (tertiary/aromatic N) is 1. The number of carbonyl (C=O) groups excluding carboxylic acids is 2. The maximum Gasteiger partial charge on any atom is 0.329 e. The van der Waals surface area contributed by atoms with Gasteiger partial charge >= 0.3 is 11.8 Å². The minimum Gasteiger partial charge on any atom is -0.493 e. The molecule has 1 aliphatic rings. The molecule has 1 heterocycles. The maximum atomic E-state index is 11.9. The van der Waals surface area contributed by atoms with E-state index in [9.17, 15) is 9.59 Å². The van der Waals surface area contributed by atoms with E-state index < -0.39 is 11.8 Å². The van der Waals surface area contributed by atoms with Gasteiger partial charge in [-0.15, -0.1) is 0 Å². The fourth-order valence-electron chi connectivity index (χ4n) is 2.54. The standard InChI is InChI=1S/C19H19N3O6/c1-25-15-5-3-4-13(17(15)26-2)10-21-22-19(24)18(23)20-9-12-6-7-14-16(8-12)28-11-27-14/h3-8,10H,9,11H2,1-2H3,(H,20,23)(H,22,24)/b21-10-. The zero-order chi connectivity index (χ0) is 19.9. The van der Waals surface area contributed by atoms with Gasteiger partial charge in [-0.05, 0) is 29.8 Å². The van der Waals surface area contributed by atoms with E-state index in [4.69, 9.17) is 18.9 Å². The van der Waals surface area contributed by atoms with Gasteiger partial charge in [-0.25, -0.2) is 5.43 Å². The normalized spacial score (nSPS) is 11.9. The van der Waals surface area contributed by atoms with Gasteiger partial charge in [0.25, 0.3) is 0 Å². The average Bonchev–Trinajstić information content (AvgIpc) is 3.19. The Morgan fingerprint density at radius 3 is 2.71 bits per heavy atom. The van der Waals surface area contributed by atoms with E-state index in [1.54, 1.807) is 36.4 Å². The molecule has 28 heavy (non-hydrogen) atoms. The summed E-state index contributed by atoms with van der Waals surface area (Å²) in [6.45, 7) is 0.333. The number of methoxy groups -OCH3 is 2. The molecular weight excluding hydrogens is 366 g/mol. The second-order valence-electron chi connectivity index (χ2n) is 5.65. The van der Waals surface area contributed by atoms with Crippen LogP contribution < -0.4 is 29.7 Å². The lowest BCUT2D eigenvalue weighted by Gasteiger charge is -2.09. The molecule has 0 fully saturated rings. The quantitative estimate of drug-likeness (QED) is 0.440. The Kier molecular flexibility index (Phi) is 5.95. The van der Waals surface area contributed by atoms with Crippen molar-refractivity contribution in [2.24, 2.45) is 5.10 Å². The van der Waals surface area contributed by atoms with Crippen LogP contribution in [0.2, 0.25) is 0 Å². The fraction of sp³-hybridized carbons (Fsp3) is 0.211. The monoisotopic (exact) mass is 385 g/mol. The number of benzene rings is 2. The molecule has 2 aromatic rings. The molecule has 2 N–H and O–H groups in total. The van der Waals surface area contributed by atoms with E-state index in [1.165, 1.54) is 20.4 Å². The number of hydrazone groups is 1. The van der Waals surface area contributed by atoms with Crippen LogP contribution in [-0.4, -0.2) is 39.0 Å². The largest absolute Gasteiger partial charge is 0.493 e. The van der Waals surface area contributed by atoms with Gasteiger partial charge in [0.05, 0.1) is 20.4 Å². The first-order valence-corrected chi connectivity index (χ1v) is 8.33. The summed E-state index contributed by atoms with van der Waals surface area (Å²) in [4.78, 5) is 23.8. The lowest BCUT2D eigenvalue weighted by Crippen LogP contribution is -2.37. The Labute approximate surface area is 161 Å². The maximum absolute atomic E-state index is 11.9. The molecule has 0 radical (unpaired) electrons. The number of hydrogen-bond acceptors (Lipinski definition) is 7. The third-order valence-electron chi connectivity index (χ3n) is 3.90. The van der Waals surface area contributed by atoms with Gasteiger partial charge in [-0.3, -0.25) is 9.59 Å². The smallest absolute Gasteiger partial charge is 0.329 e. The van der Waals surface area contributed by atoms with Crippen molar-refractivity contribution in [3.05, 3.63) is 47.5 Å². The topological polar surface area (TPSA) is 107 Å². The lowest BCUT2D eigenvalue weighted by atomic mass is 10.2. The Balaban J connectivity index is 1.53. The molecule has 146 valence electrons. The summed E-state index contributed by atoms with van der Waals surface area (Å²) in [5.41, 5.74) is 3.53. The molecule has 9 nitrogen and oxygen atoms in total. The number of amides is 2. The second kappa shape index (κ2) is 8.76. The number of fused-ring (bicyclic) bond motifs is 1. The molecule has 3 rings (SSSR count). The molecule has 1 aliphatic heterocycles. The molecular formula is C19H19N3O6. The van der Waals surface area contributed by atoms with Crippen LogP contribution in [0.1, 0.15) is 11.1 Å². The van der Waals surface area contributed by atoms with Crippen molar-refractivity contribution in [3.63, 3.8) is 0 Å². The predicted octanol–water partition coefficient (Wildman–Crippen LogP) is 1.20. The van der Waals surface area contributed by atoms with Crippen molar-refractivity contribution < 1.29 is 28.5 Å². The second-order valence-corrected chi connectivity index (χ2v) is 5.65. The average molecular weight is 385 g/mol. The SMILES string of the molecule is COc1cccc(/C=N\NC(=O)C(=O)NCc2ccc3c(c2)OCO3)c1OC. The van der Waals surface area contributed by atoms with Crippen LogP contribution in [0.4, 0.5) is 0 Å². The molecule has 0 atom stereocenters. The highest BCUT2D eigenvalue weighted by molar-refractivity contribution is 6.35. The van der Waals surface area contributed by atoms with Gasteiger partial charge in [0.1, 0.15) is 0 Å².